The molecule has 0 aromatic carbocycles. The first-order valence-corrected chi connectivity index (χ1v) is 9.11. The molecule has 2 N–H and O–H groups in total. The first-order chi connectivity index (χ1) is 12.1. The zero-order valence-electron chi connectivity index (χ0n) is 14.7. The van der Waals surface area contributed by atoms with Gasteiger partial charge in [-0.25, -0.2) is 0 Å². The van der Waals surface area contributed by atoms with E-state index in [1.165, 1.54) is 18.4 Å². The zero-order chi connectivity index (χ0) is 17.4. The number of rotatable bonds is 4. The predicted molar refractivity (Wildman–Crippen MR) is 99.5 cm³/mol. The molecule has 25 heavy (non-hydrogen) atoms. The van der Waals surface area contributed by atoms with E-state index in [4.69, 9.17) is 4.99 Å². The molecule has 1 amide bonds. The van der Waals surface area contributed by atoms with Crippen LogP contribution in [0.1, 0.15) is 51.1 Å². The SMILES string of the molecule is CC1=CCCC2C=C([C@@H](C)C(=O)Nc3cc(C4CC4)[nH]n3)N=C2C=C1. The molecule has 0 spiro atoms. The molecule has 130 valence electrons. The highest BCUT2D eigenvalue weighted by atomic mass is 16.2. The minimum Gasteiger partial charge on any atom is -0.309 e. The Kier molecular flexibility index (Phi) is 4.15. The summed E-state index contributed by atoms with van der Waals surface area (Å²) in [5.41, 5.74) is 4.32. The minimum absolute atomic E-state index is 0.0583. The largest absolute Gasteiger partial charge is 0.309 e. The first-order valence-electron chi connectivity index (χ1n) is 9.11. The van der Waals surface area contributed by atoms with Crippen molar-refractivity contribution in [3.8, 4) is 0 Å². The highest BCUT2D eigenvalue weighted by Gasteiger charge is 2.28. The van der Waals surface area contributed by atoms with Gasteiger partial charge in [-0.05, 0) is 45.6 Å². The third-order valence-electron chi connectivity index (χ3n) is 5.17. The maximum atomic E-state index is 12.6. The number of allylic oxidation sites excluding steroid dienone is 5. The number of nitrogens with zero attached hydrogens (tertiary/aromatic N) is 2. The lowest BCUT2D eigenvalue weighted by atomic mass is 9.94. The number of hydrogen-bond acceptors (Lipinski definition) is 3. The Balaban J connectivity index is 1.44. The number of anilines is 1. The summed E-state index contributed by atoms with van der Waals surface area (Å²) >= 11 is 0. The van der Waals surface area contributed by atoms with E-state index in [1.54, 1.807) is 0 Å². The molecule has 1 aromatic heterocycles. The maximum absolute atomic E-state index is 12.6. The molecule has 0 bridgehead atoms. The second-order valence-electron chi connectivity index (χ2n) is 7.29. The summed E-state index contributed by atoms with van der Waals surface area (Å²) in [5, 5.41) is 10.1. The van der Waals surface area contributed by atoms with Gasteiger partial charge in [0.25, 0.3) is 0 Å². The fourth-order valence-electron chi connectivity index (χ4n) is 3.34. The van der Waals surface area contributed by atoms with Gasteiger partial charge in [-0.3, -0.25) is 14.9 Å². The lowest BCUT2D eigenvalue weighted by molar-refractivity contribution is -0.118. The molecule has 1 aliphatic heterocycles. The van der Waals surface area contributed by atoms with Gasteiger partial charge in [0.05, 0.1) is 5.92 Å². The van der Waals surface area contributed by atoms with Crippen LogP contribution in [0.2, 0.25) is 0 Å². The molecular formula is C20H24N4O. The van der Waals surface area contributed by atoms with Crippen molar-refractivity contribution in [1.29, 1.82) is 0 Å². The summed E-state index contributed by atoms with van der Waals surface area (Å²) in [6, 6.07) is 1.95. The second kappa shape index (κ2) is 6.47. The third-order valence-corrected chi connectivity index (χ3v) is 5.17. The van der Waals surface area contributed by atoms with Gasteiger partial charge >= 0.3 is 0 Å². The number of amides is 1. The van der Waals surface area contributed by atoms with Crippen LogP contribution in [0.5, 0.6) is 0 Å². The topological polar surface area (TPSA) is 70.1 Å². The van der Waals surface area contributed by atoms with Crippen LogP contribution in [0.25, 0.3) is 0 Å². The van der Waals surface area contributed by atoms with Gasteiger partial charge in [-0.1, -0.05) is 23.8 Å². The zero-order valence-corrected chi connectivity index (χ0v) is 14.7. The number of carbonyl (C=O) groups is 1. The van der Waals surface area contributed by atoms with Crippen LogP contribution < -0.4 is 5.32 Å². The molecule has 1 saturated carbocycles. The van der Waals surface area contributed by atoms with Crippen molar-refractivity contribution in [3.05, 3.63) is 47.3 Å². The smallest absolute Gasteiger partial charge is 0.234 e. The highest BCUT2D eigenvalue weighted by molar-refractivity contribution is 6.02. The summed E-state index contributed by atoms with van der Waals surface area (Å²) in [6.45, 7) is 4.02. The quantitative estimate of drug-likeness (QED) is 0.868. The van der Waals surface area contributed by atoms with E-state index >= 15 is 0 Å². The number of H-pyrrole nitrogens is 1. The van der Waals surface area contributed by atoms with Crippen LogP contribution in [0, 0.1) is 11.8 Å². The van der Waals surface area contributed by atoms with Crippen molar-refractivity contribution in [2.45, 2.75) is 45.4 Å². The molecular weight excluding hydrogens is 312 g/mol. The van der Waals surface area contributed by atoms with Gasteiger partial charge < -0.3 is 5.32 Å². The van der Waals surface area contributed by atoms with Crippen LogP contribution in [-0.2, 0) is 4.79 Å². The van der Waals surface area contributed by atoms with Crippen molar-refractivity contribution in [1.82, 2.24) is 10.2 Å². The Morgan fingerprint density at radius 2 is 2.16 bits per heavy atom. The first kappa shape index (κ1) is 16.1. The predicted octanol–water partition coefficient (Wildman–Crippen LogP) is 4.11. The normalized spacial score (nSPS) is 23.8. The van der Waals surface area contributed by atoms with Crippen LogP contribution in [0.4, 0.5) is 5.82 Å². The summed E-state index contributed by atoms with van der Waals surface area (Å²) in [6.07, 6.45) is 13.1. The molecule has 5 nitrogen and oxygen atoms in total. The Labute approximate surface area is 148 Å². The van der Waals surface area contributed by atoms with Gasteiger partial charge in [-0.15, -0.1) is 0 Å². The van der Waals surface area contributed by atoms with Crippen molar-refractivity contribution in [2.75, 3.05) is 5.32 Å². The van der Waals surface area contributed by atoms with E-state index < -0.39 is 0 Å². The van der Waals surface area contributed by atoms with Crippen LogP contribution in [-0.4, -0.2) is 21.8 Å². The van der Waals surface area contributed by atoms with Crippen molar-refractivity contribution in [2.24, 2.45) is 16.8 Å². The Morgan fingerprint density at radius 1 is 1.32 bits per heavy atom. The van der Waals surface area contributed by atoms with Crippen molar-refractivity contribution >= 4 is 17.4 Å². The highest BCUT2D eigenvalue weighted by Crippen LogP contribution is 2.39. The molecule has 2 heterocycles. The minimum atomic E-state index is -0.288. The lowest BCUT2D eigenvalue weighted by Crippen LogP contribution is -2.21. The molecule has 1 aromatic rings. The van der Waals surface area contributed by atoms with Gasteiger partial charge in [-0.2, -0.15) is 5.10 Å². The summed E-state index contributed by atoms with van der Waals surface area (Å²) in [7, 11) is 0. The van der Waals surface area contributed by atoms with Crippen molar-refractivity contribution < 1.29 is 4.79 Å². The molecule has 3 aliphatic rings. The molecule has 2 atom stereocenters. The Bertz CT molecular complexity index is 807. The van der Waals surface area contributed by atoms with Gasteiger partial charge in [0.2, 0.25) is 5.91 Å². The van der Waals surface area contributed by atoms with Gasteiger partial charge in [0, 0.05) is 35.0 Å². The van der Waals surface area contributed by atoms with E-state index in [9.17, 15) is 4.79 Å². The average molecular weight is 336 g/mol. The monoisotopic (exact) mass is 336 g/mol. The van der Waals surface area contributed by atoms with Gasteiger partial charge in [0.1, 0.15) is 0 Å². The fourth-order valence-corrected chi connectivity index (χ4v) is 3.34. The van der Waals surface area contributed by atoms with Crippen LogP contribution in [0.3, 0.4) is 0 Å². The number of fused-ring (bicyclic) bond motifs is 1. The molecule has 1 fully saturated rings. The number of aromatic amines is 1. The number of carbonyl (C=O) groups excluding carboxylic acids is 1. The van der Waals surface area contributed by atoms with E-state index in [1.807, 2.05) is 13.0 Å². The van der Waals surface area contributed by atoms with E-state index in [0.29, 0.717) is 17.7 Å². The Morgan fingerprint density at radius 3 is 2.96 bits per heavy atom. The fraction of sp³-hybridized carbons (Fsp3) is 0.450. The summed E-state index contributed by atoms with van der Waals surface area (Å²) in [5.74, 6) is 1.18. The molecule has 5 heteroatoms. The molecule has 4 rings (SSSR count). The van der Waals surface area contributed by atoms with Crippen LogP contribution in [0.15, 0.2) is 46.6 Å². The second-order valence-corrected chi connectivity index (χ2v) is 7.29. The summed E-state index contributed by atoms with van der Waals surface area (Å²) < 4.78 is 0. The number of hydrogen-bond donors (Lipinski definition) is 2. The molecule has 1 unspecified atom stereocenters. The third kappa shape index (κ3) is 3.50. The Hall–Kier alpha value is -2.43. The maximum Gasteiger partial charge on any atom is 0.234 e. The van der Waals surface area contributed by atoms with Crippen LogP contribution >= 0.6 is 0 Å². The molecule has 0 radical (unpaired) electrons. The lowest BCUT2D eigenvalue weighted by Gasteiger charge is -2.10. The number of nitrogens with one attached hydrogen (secondary N) is 2. The van der Waals surface area contributed by atoms with Crippen molar-refractivity contribution in [3.63, 3.8) is 0 Å². The van der Waals surface area contributed by atoms with E-state index in [2.05, 4.69) is 46.7 Å². The summed E-state index contributed by atoms with van der Waals surface area (Å²) in [4.78, 5) is 17.3. The standard InChI is InChI=1S/C20H24N4O/c1-12-4-3-5-15-10-17(21-16(15)9-6-12)13(2)20(25)22-19-11-18(23-24-19)14-7-8-14/h4,6,9-11,13-15H,3,5,7-8H2,1-2H3,(H2,22,23,24,25)/t13-,15?/m1/s1. The number of aliphatic imine (C=N–C) groups is 1. The van der Waals surface area contributed by atoms with E-state index in [-0.39, 0.29) is 11.8 Å². The molecule has 0 saturated heterocycles. The van der Waals surface area contributed by atoms with Gasteiger partial charge in [0.15, 0.2) is 5.82 Å². The molecule has 2 aliphatic carbocycles. The van der Waals surface area contributed by atoms with E-state index in [0.717, 1.165) is 29.9 Å². The number of aromatic nitrogens is 2. The average Bonchev–Trinajstić information content (AvgIpc) is 3.21.